The molecular weight excluding hydrogens is 344 g/mol. The van der Waals surface area contributed by atoms with Crippen LogP contribution in [0.5, 0.6) is 0 Å². The number of likely N-dealkylation sites (tertiary alicyclic amines) is 1. The lowest BCUT2D eigenvalue weighted by molar-refractivity contribution is -0.141. The molecule has 27 heavy (non-hydrogen) atoms. The second-order valence-corrected chi connectivity index (χ2v) is 7.26. The number of rotatable bonds is 5. The minimum absolute atomic E-state index is 0.00792. The zero-order chi connectivity index (χ0) is 19.4. The third kappa shape index (κ3) is 4.38. The highest BCUT2D eigenvalue weighted by Crippen LogP contribution is 2.34. The molecule has 0 bridgehead atoms. The Bertz CT molecular complexity index is 758. The van der Waals surface area contributed by atoms with Crippen molar-refractivity contribution < 1.29 is 19.5 Å². The fourth-order valence-corrected chi connectivity index (χ4v) is 4.11. The normalized spacial score (nSPS) is 21.7. The Morgan fingerprint density at radius 1 is 1.19 bits per heavy atom. The van der Waals surface area contributed by atoms with Gasteiger partial charge >= 0.3 is 5.97 Å². The molecule has 1 fully saturated rings. The third-order valence-electron chi connectivity index (χ3n) is 5.48. The van der Waals surface area contributed by atoms with Gasteiger partial charge in [-0.25, -0.2) is 0 Å². The van der Waals surface area contributed by atoms with Gasteiger partial charge in [0.25, 0.3) is 0 Å². The van der Waals surface area contributed by atoms with Gasteiger partial charge in [0.2, 0.25) is 11.8 Å². The molecule has 0 spiro atoms. The Kier molecular flexibility index (Phi) is 5.94. The predicted octanol–water partition coefficient (Wildman–Crippen LogP) is 3.20. The Balaban J connectivity index is 1.78. The Labute approximate surface area is 159 Å². The van der Waals surface area contributed by atoms with Crippen molar-refractivity contribution in [3.8, 4) is 0 Å². The van der Waals surface area contributed by atoms with Crippen LogP contribution in [-0.2, 0) is 14.4 Å². The van der Waals surface area contributed by atoms with Crippen molar-refractivity contribution in [2.45, 2.75) is 57.5 Å². The van der Waals surface area contributed by atoms with Crippen LogP contribution in [0.25, 0.3) is 6.08 Å². The van der Waals surface area contributed by atoms with E-state index in [9.17, 15) is 14.4 Å². The number of nitrogens with zero attached hydrogens (tertiary/aromatic N) is 2. The van der Waals surface area contributed by atoms with Gasteiger partial charge in [0.1, 0.15) is 0 Å². The summed E-state index contributed by atoms with van der Waals surface area (Å²) in [4.78, 5) is 39.6. The molecule has 0 saturated carbocycles. The molecule has 2 atom stereocenters. The highest BCUT2D eigenvalue weighted by atomic mass is 16.4. The minimum Gasteiger partial charge on any atom is -0.481 e. The molecule has 1 N–H and O–H groups in total. The number of fused-ring (bicyclic) bond motifs is 1. The van der Waals surface area contributed by atoms with Crippen LogP contribution in [0.15, 0.2) is 30.5 Å². The van der Waals surface area contributed by atoms with Crippen molar-refractivity contribution in [2.75, 3.05) is 6.54 Å². The topological polar surface area (TPSA) is 77.9 Å². The molecule has 2 heterocycles. The molecule has 1 saturated heterocycles. The van der Waals surface area contributed by atoms with Gasteiger partial charge in [-0.1, -0.05) is 24.3 Å². The van der Waals surface area contributed by atoms with Crippen molar-refractivity contribution in [1.82, 2.24) is 9.80 Å². The van der Waals surface area contributed by atoms with E-state index in [2.05, 4.69) is 0 Å². The van der Waals surface area contributed by atoms with Gasteiger partial charge in [-0.05, 0) is 42.9 Å². The number of amides is 2. The zero-order valence-corrected chi connectivity index (χ0v) is 15.6. The Morgan fingerprint density at radius 3 is 2.70 bits per heavy atom. The summed E-state index contributed by atoms with van der Waals surface area (Å²) in [7, 11) is 0. The van der Waals surface area contributed by atoms with Crippen molar-refractivity contribution in [3.63, 3.8) is 0 Å². The minimum atomic E-state index is -0.831. The van der Waals surface area contributed by atoms with Crippen LogP contribution >= 0.6 is 0 Å². The molecule has 6 nitrogen and oxygen atoms in total. The van der Waals surface area contributed by atoms with Crippen LogP contribution in [0.2, 0.25) is 0 Å². The fourth-order valence-electron chi connectivity index (χ4n) is 4.11. The van der Waals surface area contributed by atoms with E-state index in [0.717, 1.165) is 30.4 Å². The van der Waals surface area contributed by atoms with E-state index in [-0.39, 0.29) is 36.7 Å². The number of carbonyl (C=O) groups is 3. The Hall–Kier alpha value is -2.63. The molecular formula is C21H26N2O4. The van der Waals surface area contributed by atoms with Crippen LogP contribution < -0.4 is 0 Å². The number of carboxylic acids is 1. The lowest BCUT2D eigenvalue weighted by Crippen LogP contribution is -2.45. The first kappa shape index (κ1) is 19.1. The summed E-state index contributed by atoms with van der Waals surface area (Å²) in [6, 6.07) is 7.46. The summed E-state index contributed by atoms with van der Waals surface area (Å²) in [6.07, 6.45) is 7.22. The lowest BCUT2D eigenvalue weighted by Gasteiger charge is -2.38. The molecule has 0 aliphatic carbocycles. The van der Waals surface area contributed by atoms with Gasteiger partial charge < -0.3 is 14.9 Å². The first-order valence-corrected chi connectivity index (χ1v) is 9.54. The molecule has 6 heteroatoms. The van der Waals surface area contributed by atoms with Gasteiger partial charge in [0.05, 0.1) is 12.5 Å². The third-order valence-corrected chi connectivity index (χ3v) is 5.48. The number of hydrogen-bond donors (Lipinski definition) is 1. The predicted molar refractivity (Wildman–Crippen MR) is 102 cm³/mol. The van der Waals surface area contributed by atoms with E-state index in [0.29, 0.717) is 13.0 Å². The zero-order valence-electron chi connectivity index (χ0n) is 15.6. The van der Waals surface area contributed by atoms with Crippen LogP contribution in [0.1, 0.15) is 62.6 Å². The average molecular weight is 370 g/mol. The van der Waals surface area contributed by atoms with Gasteiger partial charge in [0.15, 0.2) is 0 Å². The smallest absolute Gasteiger partial charge is 0.303 e. The standard InChI is InChI=1S/C21H26N2O4/c1-15(24)22-13-11-16-6-2-3-8-18(16)19(22)14-20(25)23-12-5-4-7-17(23)9-10-21(26)27/h2-3,6,8,11,13,17,19H,4-5,7,9-10,12,14H2,1H3,(H,26,27)/t17-,19+/m1/s1. The number of carboxylic acid groups (broad SMARTS) is 1. The molecule has 2 amide bonds. The van der Waals surface area contributed by atoms with Crippen molar-refractivity contribution in [3.05, 3.63) is 41.6 Å². The fraction of sp³-hybridized carbons (Fsp3) is 0.476. The van der Waals surface area contributed by atoms with Gasteiger partial charge in [-0.3, -0.25) is 14.4 Å². The molecule has 2 aliphatic rings. The van der Waals surface area contributed by atoms with E-state index in [1.165, 1.54) is 6.92 Å². The second-order valence-electron chi connectivity index (χ2n) is 7.26. The molecule has 1 aromatic carbocycles. The molecule has 0 unspecified atom stereocenters. The second kappa shape index (κ2) is 8.37. The van der Waals surface area contributed by atoms with Crippen LogP contribution in [0.4, 0.5) is 0 Å². The number of carbonyl (C=O) groups excluding carboxylic acids is 2. The maximum absolute atomic E-state index is 13.1. The van der Waals surface area contributed by atoms with Crippen molar-refractivity contribution in [2.24, 2.45) is 0 Å². The summed E-state index contributed by atoms with van der Waals surface area (Å²) in [5, 5.41) is 8.98. The quantitative estimate of drug-likeness (QED) is 0.863. The first-order valence-electron chi connectivity index (χ1n) is 9.54. The van der Waals surface area contributed by atoms with E-state index >= 15 is 0 Å². The van der Waals surface area contributed by atoms with E-state index in [4.69, 9.17) is 5.11 Å². The van der Waals surface area contributed by atoms with Crippen LogP contribution in [0, 0.1) is 0 Å². The van der Waals surface area contributed by atoms with Crippen molar-refractivity contribution in [1.29, 1.82) is 0 Å². The van der Waals surface area contributed by atoms with Crippen LogP contribution in [-0.4, -0.2) is 45.3 Å². The maximum atomic E-state index is 13.1. The number of hydrogen-bond acceptors (Lipinski definition) is 3. The van der Waals surface area contributed by atoms with Crippen molar-refractivity contribution >= 4 is 23.9 Å². The monoisotopic (exact) mass is 370 g/mol. The van der Waals surface area contributed by atoms with Gasteiger partial charge in [-0.2, -0.15) is 0 Å². The average Bonchev–Trinajstić information content (AvgIpc) is 2.66. The molecule has 1 aromatic rings. The lowest BCUT2D eigenvalue weighted by atomic mass is 9.92. The van der Waals surface area contributed by atoms with E-state index in [1.807, 2.05) is 35.2 Å². The SMILES string of the molecule is CC(=O)N1C=Cc2ccccc2[C@@H]1CC(=O)N1CCCC[C@@H]1CCC(=O)O. The number of piperidine rings is 1. The Morgan fingerprint density at radius 2 is 1.96 bits per heavy atom. The largest absolute Gasteiger partial charge is 0.481 e. The molecule has 0 aromatic heterocycles. The molecule has 3 rings (SSSR count). The molecule has 0 radical (unpaired) electrons. The van der Waals surface area contributed by atoms with Gasteiger partial charge in [0, 0.05) is 32.1 Å². The number of aliphatic carboxylic acids is 1. The number of benzene rings is 1. The maximum Gasteiger partial charge on any atom is 0.303 e. The highest BCUT2D eigenvalue weighted by Gasteiger charge is 2.33. The first-order chi connectivity index (χ1) is 13.0. The van der Waals surface area contributed by atoms with E-state index in [1.54, 1.807) is 11.1 Å². The summed E-state index contributed by atoms with van der Waals surface area (Å²) in [5.74, 6) is -0.937. The molecule has 2 aliphatic heterocycles. The molecule has 144 valence electrons. The summed E-state index contributed by atoms with van der Waals surface area (Å²) in [6.45, 7) is 2.17. The van der Waals surface area contributed by atoms with Gasteiger partial charge in [-0.15, -0.1) is 0 Å². The highest BCUT2D eigenvalue weighted by molar-refractivity contribution is 5.82. The van der Waals surface area contributed by atoms with Crippen LogP contribution in [0.3, 0.4) is 0 Å². The van der Waals surface area contributed by atoms with E-state index < -0.39 is 5.97 Å². The summed E-state index contributed by atoms with van der Waals surface area (Å²) in [5.41, 5.74) is 2.00. The summed E-state index contributed by atoms with van der Waals surface area (Å²) >= 11 is 0. The summed E-state index contributed by atoms with van der Waals surface area (Å²) < 4.78 is 0.